The number of carbonyl (C=O) groups is 2. The van der Waals surface area contributed by atoms with Crippen LogP contribution in [-0.2, 0) is 22.6 Å². The number of pyridine rings is 1. The summed E-state index contributed by atoms with van der Waals surface area (Å²) in [5, 5.41) is 2.97. The first-order valence-electron chi connectivity index (χ1n) is 10.1. The van der Waals surface area contributed by atoms with E-state index in [1.165, 1.54) is 5.56 Å². The number of carbonyl (C=O) groups excluding carboxylic acids is 2. The van der Waals surface area contributed by atoms with Crippen molar-refractivity contribution in [2.75, 3.05) is 13.1 Å². The van der Waals surface area contributed by atoms with Gasteiger partial charge in [0, 0.05) is 44.6 Å². The van der Waals surface area contributed by atoms with Crippen LogP contribution in [0.3, 0.4) is 0 Å². The van der Waals surface area contributed by atoms with Crippen LogP contribution in [0.25, 0.3) is 5.82 Å². The fourth-order valence-corrected chi connectivity index (χ4v) is 3.73. The molecule has 0 radical (unpaired) electrons. The summed E-state index contributed by atoms with van der Waals surface area (Å²) in [5.74, 6) is 1.28. The van der Waals surface area contributed by atoms with Crippen molar-refractivity contribution in [3.63, 3.8) is 0 Å². The molecule has 1 aromatic carbocycles. The monoisotopic (exact) mass is 403 g/mol. The summed E-state index contributed by atoms with van der Waals surface area (Å²) in [5.41, 5.74) is 2.14. The molecule has 2 amide bonds. The Hall–Kier alpha value is -3.48. The molecule has 1 N–H and O–H groups in total. The summed E-state index contributed by atoms with van der Waals surface area (Å²) in [4.78, 5) is 35.3. The molecule has 2 aromatic heterocycles. The molecule has 0 saturated carbocycles. The van der Waals surface area contributed by atoms with Gasteiger partial charge in [0.2, 0.25) is 11.8 Å². The van der Waals surface area contributed by atoms with E-state index in [1.807, 2.05) is 48.0 Å². The Kier molecular flexibility index (Phi) is 5.88. The molecule has 3 heterocycles. The van der Waals surface area contributed by atoms with E-state index in [4.69, 9.17) is 0 Å². The molecule has 7 heteroatoms. The normalized spacial score (nSPS) is 16.1. The number of benzene rings is 1. The molecule has 0 aliphatic carbocycles. The first kappa shape index (κ1) is 19.8. The van der Waals surface area contributed by atoms with Crippen molar-refractivity contribution in [3.8, 4) is 5.82 Å². The molecule has 1 aliphatic heterocycles. The Balaban J connectivity index is 1.30. The number of aromatic nitrogens is 3. The summed E-state index contributed by atoms with van der Waals surface area (Å²) in [7, 11) is 0. The highest BCUT2D eigenvalue weighted by Gasteiger charge is 2.33. The second-order valence-electron chi connectivity index (χ2n) is 7.56. The maximum Gasteiger partial charge on any atom is 0.225 e. The van der Waals surface area contributed by atoms with Crippen LogP contribution >= 0.6 is 0 Å². The number of rotatable bonds is 7. The van der Waals surface area contributed by atoms with Gasteiger partial charge in [-0.25, -0.2) is 9.97 Å². The van der Waals surface area contributed by atoms with E-state index < -0.39 is 0 Å². The lowest BCUT2D eigenvalue weighted by atomic mass is 10.1. The minimum atomic E-state index is -0.300. The van der Waals surface area contributed by atoms with Crippen molar-refractivity contribution in [2.24, 2.45) is 5.92 Å². The molecule has 1 saturated heterocycles. The third-order valence-corrected chi connectivity index (χ3v) is 5.45. The first-order valence-corrected chi connectivity index (χ1v) is 10.1. The summed E-state index contributed by atoms with van der Waals surface area (Å²) in [6, 6.07) is 13.9. The molecule has 154 valence electrons. The van der Waals surface area contributed by atoms with Crippen LogP contribution in [0.5, 0.6) is 0 Å². The Morgan fingerprint density at radius 3 is 2.73 bits per heavy atom. The summed E-state index contributed by atoms with van der Waals surface area (Å²) >= 11 is 0. The third-order valence-electron chi connectivity index (χ3n) is 5.45. The summed E-state index contributed by atoms with van der Waals surface area (Å²) in [6.07, 6.45) is 6.38. The van der Waals surface area contributed by atoms with Gasteiger partial charge in [-0.1, -0.05) is 30.3 Å². The van der Waals surface area contributed by atoms with Gasteiger partial charge in [-0.05, 0) is 36.6 Å². The van der Waals surface area contributed by atoms with Gasteiger partial charge in [-0.2, -0.15) is 0 Å². The molecule has 0 spiro atoms. The van der Waals surface area contributed by atoms with Crippen LogP contribution in [-0.4, -0.2) is 44.3 Å². The number of nitrogens with zero attached hydrogens (tertiary/aromatic N) is 4. The van der Waals surface area contributed by atoms with Crippen LogP contribution in [0.1, 0.15) is 23.4 Å². The Labute approximate surface area is 175 Å². The minimum Gasteiger partial charge on any atom is -0.352 e. The fourth-order valence-electron chi connectivity index (χ4n) is 3.73. The largest absolute Gasteiger partial charge is 0.352 e. The number of likely N-dealkylation sites (tertiary alicyclic amines) is 1. The summed E-state index contributed by atoms with van der Waals surface area (Å²) in [6.45, 7) is 3.44. The number of hydrogen-bond donors (Lipinski definition) is 1. The van der Waals surface area contributed by atoms with Gasteiger partial charge in [0.05, 0.1) is 5.92 Å². The molecule has 3 aromatic rings. The van der Waals surface area contributed by atoms with E-state index in [0.717, 1.165) is 23.6 Å². The summed E-state index contributed by atoms with van der Waals surface area (Å²) < 4.78 is 1.89. The first-order chi connectivity index (χ1) is 14.6. The highest BCUT2D eigenvalue weighted by atomic mass is 16.2. The third kappa shape index (κ3) is 4.56. The number of amides is 2. The molecular formula is C23H25N5O2. The lowest BCUT2D eigenvalue weighted by Gasteiger charge is -2.16. The zero-order valence-corrected chi connectivity index (χ0v) is 17.0. The lowest BCUT2D eigenvalue weighted by molar-refractivity contribution is -0.129. The van der Waals surface area contributed by atoms with Gasteiger partial charge in [0.15, 0.2) is 0 Å². The van der Waals surface area contributed by atoms with E-state index in [1.54, 1.807) is 17.3 Å². The van der Waals surface area contributed by atoms with Gasteiger partial charge in [0.25, 0.3) is 0 Å². The zero-order chi connectivity index (χ0) is 20.9. The Bertz CT molecular complexity index is 1030. The standard InChI is InChI=1S/C23H25N5O2/c1-17-24-10-12-28(17)21-13-19(7-9-25-21)15-26-23(30)20-14-22(29)27(16-20)11-8-18-5-3-2-4-6-18/h2-7,9-10,12-13,20H,8,11,14-16H2,1H3,(H,26,30)/t20-/m0/s1. The van der Waals surface area contributed by atoms with E-state index in [0.29, 0.717) is 19.6 Å². The molecular weight excluding hydrogens is 378 g/mol. The average molecular weight is 403 g/mol. The molecule has 4 rings (SSSR count). The quantitative estimate of drug-likeness (QED) is 0.656. The van der Waals surface area contributed by atoms with Crippen molar-refractivity contribution in [2.45, 2.75) is 26.3 Å². The topological polar surface area (TPSA) is 80.1 Å². The number of aryl methyl sites for hydroxylation is 1. The molecule has 1 atom stereocenters. The van der Waals surface area contributed by atoms with E-state index in [-0.39, 0.29) is 24.2 Å². The Morgan fingerprint density at radius 2 is 1.97 bits per heavy atom. The van der Waals surface area contributed by atoms with Gasteiger partial charge in [-0.15, -0.1) is 0 Å². The fraction of sp³-hybridized carbons (Fsp3) is 0.304. The molecule has 0 bridgehead atoms. The SMILES string of the molecule is Cc1nccn1-c1cc(CNC(=O)[C@H]2CC(=O)N(CCc3ccccc3)C2)ccn1. The highest BCUT2D eigenvalue weighted by Crippen LogP contribution is 2.19. The van der Waals surface area contributed by atoms with Crippen molar-refractivity contribution in [1.82, 2.24) is 24.8 Å². The van der Waals surface area contributed by atoms with E-state index in [2.05, 4.69) is 27.4 Å². The average Bonchev–Trinajstić information content (AvgIpc) is 3.37. The van der Waals surface area contributed by atoms with Gasteiger partial charge >= 0.3 is 0 Å². The van der Waals surface area contributed by atoms with Crippen molar-refractivity contribution in [1.29, 1.82) is 0 Å². The molecule has 30 heavy (non-hydrogen) atoms. The van der Waals surface area contributed by atoms with Crippen molar-refractivity contribution >= 4 is 11.8 Å². The van der Waals surface area contributed by atoms with E-state index in [9.17, 15) is 9.59 Å². The van der Waals surface area contributed by atoms with Crippen molar-refractivity contribution in [3.05, 3.63) is 78.0 Å². The maximum atomic E-state index is 12.6. The van der Waals surface area contributed by atoms with Crippen LogP contribution in [0, 0.1) is 12.8 Å². The predicted octanol–water partition coefficient (Wildman–Crippen LogP) is 2.28. The number of nitrogens with one attached hydrogen (secondary N) is 1. The van der Waals surface area contributed by atoms with Crippen molar-refractivity contribution < 1.29 is 9.59 Å². The van der Waals surface area contributed by atoms with Gasteiger partial charge < -0.3 is 10.2 Å². The van der Waals surface area contributed by atoms with E-state index >= 15 is 0 Å². The van der Waals surface area contributed by atoms with Crippen LogP contribution in [0.4, 0.5) is 0 Å². The number of imidazole rings is 1. The van der Waals surface area contributed by atoms with Gasteiger partial charge in [0.1, 0.15) is 11.6 Å². The number of hydrogen-bond acceptors (Lipinski definition) is 4. The molecule has 7 nitrogen and oxygen atoms in total. The lowest BCUT2D eigenvalue weighted by Crippen LogP contribution is -2.33. The second-order valence-corrected chi connectivity index (χ2v) is 7.56. The molecule has 0 unspecified atom stereocenters. The minimum absolute atomic E-state index is 0.0489. The molecule has 1 fully saturated rings. The predicted molar refractivity (Wildman–Crippen MR) is 113 cm³/mol. The Morgan fingerprint density at radius 1 is 1.13 bits per heavy atom. The van der Waals surface area contributed by atoms with Crippen LogP contribution in [0.2, 0.25) is 0 Å². The smallest absolute Gasteiger partial charge is 0.225 e. The second kappa shape index (κ2) is 8.90. The van der Waals surface area contributed by atoms with Crippen LogP contribution in [0.15, 0.2) is 61.1 Å². The maximum absolute atomic E-state index is 12.6. The van der Waals surface area contributed by atoms with Crippen LogP contribution < -0.4 is 5.32 Å². The van der Waals surface area contributed by atoms with Gasteiger partial charge in [-0.3, -0.25) is 14.2 Å². The highest BCUT2D eigenvalue weighted by molar-refractivity contribution is 5.89. The molecule has 1 aliphatic rings. The zero-order valence-electron chi connectivity index (χ0n) is 17.0.